The summed E-state index contributed by atoms with van der Waals surface area (Å²) in [6.45, 7) is 2.86. The molecule has 0 saturated heterocycles. The van der Waals surface area contributed by atoms with E-state index in [1.807, 2.05) is 37.3 Å². The lowest BCUT2D eigenvalue weighted by Gasteiger charge is -2.14. The Hall–Kier alpha value is -1.42. The Morgan fingerprint density at radius 2 is 1.81 bits per heavy atom. The summed E-state index contributed by atoms with van der Waals surface area (Å²) in [4.78, 5) is 12.7. The van der Waals surface area contributed by atoms with E-state index in [0.29, 0.717) is 34.8 Å². The van der Waals surface area contributed by atoms with Gasteiger partial charge in [0.05, 0.1) is 26.7 Å². The number of hydrogen-bond donors (Lipinski definition) is 0. The van der Waals surface area contributed by atoms with Crippen LogP contribution in [0.3, 0.4) is 0 Å². The molecule has 0 fully saturated rings. The van der Waals surface area contributed by atoms with Crippen molar-refractivity contribution < 1.29 is 14.3 Å². The van der Waals surface area contributed by atoms with Crippen LogP contribution in [-0.4, -0.2) is 22.7 Å². The highest BCUT2D eigenvalue weighted by Crippen LogP contribution is 2.37. The minimum absolute atomic E-state index is 0.123. The Balaban J connectivity index is 1.81. The van der Waals surface area contributed by atoms with Crippen molar-refractivity contribution in [1.29, 1.82) is 0 Å². The van der Waals surface area contributed by atoms with Crippen molar-refractivity contribution in [2.24, 2.45) is 0 Å². The van der Waals surface area contributed by atoms with E-state index in [4.69, 9.17) is 9.47 Å². The largest absolute Gasteiger partial charge is 0.496 e. The molecule has 0 N–H and O–H groups in total. The van der Waals surface area contributed by atoms with E-state index in [1.165, 1.54) is 0 Å². The van der Waals surface area contributed by atoms with E-state index >= 15 is 0 Å². The van der Waals surface area contributed by atoms with Crippen LogP contribution in [0.4, 0.5) is 0 Å². The number of aryl methyl sites for hydroxylation is 1. The molecular formula is C22H18Br4N2O3. The van der Waals surface area contributed by atoms with Gasteiger partial charge in [0.2, 0.25) is 5.78 Å². The highest BCUT2D eigenvalue weighted by molar-refractivity contribution is 9.11. The molecule has 0 aliphatic heterocycles. The zero-order valence-electron chi connectivity index (χ0n) is 16.7. The number of carbonyl (C=O) groups excluding carboxylic acids is 1. The zero-order valence-corrected chi connectivity index (χ0v) is 23.0. The molecule has 3 rings (SSSR count). The number of ketones is 1. The molecule has 0 unspecified atom stereocenters. The first-order chi connectivity index (χ1) is 14.8. The number of hydrogen-bond acceptors (Lipinski definition) is 4. The van der Waals surface area contributed by atoms with Crippen molar-refractivity contribution in [2.75, 3.05) is 7.11 Å². The summed E-state index contributed by atoms with van der Waals surface area (Å²) in [6.07, 6.45) is 4.95. The normalized spacial score (nSPS) is 11.2. The van der Waals surface area contributed by atoms with Crippen molar-refractivity contribution in [3.05, 3.63) is 77.3 Å². The molecular weight excluding hydrogens is 660 g/mol. The maximum absolute atomic E-state index is 12.7. The van der Waals surface area contributed by atoms with Gasteiger partial charge < -0.3 is 9.47 Å². The van der Waals surface area contributed by atoms with Gasteiger partial charge in [0.15, 0.2) is 0 Å². The molecule has 9 heteroatoms. The number of nitrogens with zero attached hydrogens (tertiary/aromatic N) is 2. The topological polar surface area (TPSA) is 53.4 Å². The second kappa shape index (κ2) is 10.9. The van der Waals surface area contributed by atoms with Crippen LogP contribution >= 0.6 is 63.7 Å². The van der Waals surface area contributed by atoms with E-state index in [0.717, 1.165) is 24.5 Å². The number of benzene rings is 2. The molecule has 1 aromatic heterocycles. The molecule has 31 heavy (non-hydrogen) atoms. The van der Waals surface area contributed by atoms with Crippen LogP contribution in [0.5, 0.6) is 11.5 Å². The molecule has 0 amide bonds. The Labute approximate surface area is 214 Å². The van der Waals surface area contributed by atoms with Gasteiger partial charge in [-0.25, -0.2) is 0 Å². The van der Waals surface area contributed by atoms with Gasteiger partial charge in [-0.2, -0.15) is 5.10 Å². The minimum Gasteiger partial charge on any atom is -0.496 e. The lowest BCUT2D eigenvalue weighted by molar-refractivity contribution is 0.103. The fraction of sp³-hybridized carbons (Fsp3) is 0.182. The van der Waals surface area contributed by atoms with Gasteiger partial charge in [0, 0.05) is 16.6 Å². The van der Waals surface area contributed by atoms with Gasteiger partial charge in [0.25, 0.3) is 0 Å². The van der Waals surface area contributed by atoms with Gasteiger partial charge in [-0.05, 0) is 90.6 Å². The standard InChI is InChI=1S/C22H18Br4N2O3/c1-3-28-21(18(26)11-27-28)19(29)6-4-13-5-7-20(30-2)14(8-13)12-31-22-16(24)9-15(23)10-17(22)25/h4-11H,3,12H2,1-2H3/b6-4+. The van der Waals surface area contributed by atoms with Crippen LogP contribution < -0.4 is 9.47 Å². The number of rotatable bonds is 8. The smallest absolute Gasteiger partial charge is 0.205 e. The van der Waals surface area contributed by atoms with E-state index in [-0.39, 0.29) is 5.78 Å². The average Bonchev–Trinajstić information content (AvgIpc) is 3.12. The van der Waals surface area contributed by atoms with E-state index < -0.39 is 0 Å². The lowest BCUT2D eigenvalue weighted by atomic mass is 10.1. The fourth-order valence-corrected chi connectivity index (χ4v) is 5.91. The predicted molar refractivity (Wildman–Crippen MR) is 136 cm³/mol. The van der Waals surface area contributed by atoms with Crippen molar-refractivity contribution in [3.8, 4) is 11.5 Å². The van der Waals surface area contributed by atoms with Crippen molar-refractivity contribution >= 4 is 75.6 Å². The number of halogens is 4. The highest BCUT2D eigenvalue weighted by Gasteiger charge is 2.14. The average molecular weight is 678 g/mol. The molecule has 0 bridgehead atoms. The maximum atomic E-state index is 12.7. The summed E-state index contributed by atoms with van der Waals surface area (Å²) in [6, 6.07) is 9.53. The maximum Gasteiger partial charge on any atom is 0.205 e. The predicted octanol–water partition coefficient (Wildman–Crippen LogP) is 7.44. The molecule has 3 aromatic rings. The summed E-state index contributed by atoms with van der Waals surface area (Å²) in [5.41, 5.74) is 2.25. The van der Waals surface area contributed by atoms with Gasteiger partial charge in [-0.3, -0.25) is 9.48 Å². The summed E-state index contributed by atoms with van der Waals surface area (Å²) < 4.78 is 16.4. The fourth-order valence-electron chi connectivity index (χ4n) is 2.93. The molecule has 2 aromatic carbocycles. The van der Waals surface area contributed by atoms with Crippen molar-refractivity contribution in [2.45, 2.75) is 20.1 Å². The first kappa shape index (κ1) is 24.2. The molecule has 0 spiro atoms. The summed E-state index contributed by atoms with van der Waals surface area (Å²) in [7, 11) is 1.62. The zero-order chi connectivity index (χ0) is 22.5. The highest BCUT2D eigenvalue weighted by atomic mass is 79.9. The van der Waals surface area contributed by atoms with Gasteiger partial charge in [-0.1, -0.05) is 28.1 Å². The lowest BCUT2D eigenvalue weighted by Crippen LogP contribution is -2.07. The molecule has 0 atom stereocenters. The van der Waals surface area contributed by atoms with Crippen LogP contribution in [0.1, 0.15) is 28.5 Å². The SMILES string of the molecule is CCn1ncc(Br)c1C(=O)/C=C/c1ccc(OC)c(COc2c(Br)cc(Br)cc2Br)c1. The molecule has 0 aliphatic carbocycles. The minimum atomic E-state index is -0.123. The first-order valence-corrected chi connectivity index (χ1v) is 12.4. The molecule has 1 heterocycles. The molecule has 0 aliphatic rings. The van der Waals surface area contributed by atoms with Crippen molar-refractivity contribution in [1.82, 2.24) is 9.78 Å². The number of carbonyl (C=O) groups is 1. The summed E-state index contributed by atoms with van der Waals surface area (Å²) in [5, 5.41) is 4.19. The van der Waals surface area contributed by atoms with Gasteiger partial charge >= 0.3 is 0 Å². The Bertz CT molecular complexity index is 1120. The van der Waals surface area contributed by atoms with Gasteiger partial charge in [0.1, 0.15) is 23.8 Å². The number of ether oxygens (including phenoxy) is 2. The van der Waals surface area contributed by atoms with E-state index in [2.05, 4.69) is 68.8 Å². The number of aromatic nitrogens is 2. The van der Waals surface area contributed by atoms with E-state index in [1.54, 1.807) is 30.1 Å². The molecule has 162 valence electrons. The Kier molecular flexibility index (Phi) is 8.55. The van der Waals surface area contributed by atoms with Crippen LogP contribution in [-0.2, 0) is 13.2 Å². The van der Waals surface area contributed by atoms with Gasteiger partial charge in [-0.15, -0.1) is 0 Å². The van der Waals surface area contributed by atoms with Crippen LogP contribution in [0, 0.1) is 0 Å². The quantitative estimate of drug-likeness (QED) is 0.184. The number of allylic oxidation sites excluding steroid dienone is 1. The first-order valence-electron chi connectivity index (χ1n) is 9.22. The molecule has 5 nitrogen and oxygen atoms in total. The van der Waals surface area contributed by atoms with Crippen LogP contribution in [0.15, 0.2) is 60.5 Å². The second-order valence-electron chi connectivity index (χ2n) is 6.41. The summed E-state index contributed by atoms with van der Waals surface area (Å²) >= 11 is 13.9. The third kappa shape index (κ3) is 5.88. The van der Waals surface area contributed by atoms with E-state index in [9.17, 15) is 4.79 Å². The Morgan fingerprint density at radius 1 is 1.10 bits per heavy atom. The number of methoxy groups -OCH3 is 1. The molecule has 0 saturated carbocycles. The third-order valence-corrected chi connectivity index (χ3v) is 6.61. The monoisotopic (exact) mass is 674 g/mol. The summed E-state index contributed by atoms with van der Waals surface area (Å²) in [5.74, 6) is 1.28. The molecule has 0 radical (unpaired) electrons. The Morgan fingerprint density at radius 3 is 2.45 bits per heavy atom. The van der Waals surface area contributed by atoms with Crippen LogP contribution in [0.25, 0.3) is 6.08 Å². The second-order valence-corrected chi connectivity index (χ2v) is 9.89. The third-order valence-electron chi connectivity index (χ3n) is 4.39. The van der Waals surface area contributed by atoms with Crippen LogP contribution in [0.2, 0.25) is 0 Å². The van der Waals surface area contributed by atoms with Crippen molar-refractivity contribution in [3.63, 3.8) is 0 Å².